The predicted molar refractivity (Wildman–Crippen MR) is 165 cm³/mol. The maximum absolute atomic E-state index is 13.3. The molecule has 2 atom stereocenters. The van der Waals surface area contributed by atoms with Crippen LogP contribution in [0.4, 0.5) is 16.2 Å². The van der Waals surface area contributed by atoms with Crippen molar-refractivity contribution in [1.82, 2.24) is 5.32 Å². The summed E-state index contributed by atoms with van der Waals surface area (Å²) in [6, 6.07) is 18.1. The lowest BCUT2D eigenvalue weighted by Gasteiger charge is -2.35. The lowest BCUT2D eigenvalue weighted by atomic mass is 9.97. The zero-order valence-corrected chi connectivity index (χ0v) is 26.0. The zero-order chi connectivity index (χ0) is 31.5. The highest BCUT2D eigenvalue weighted by atomic mass is 35.5. The molecule has 0 saturated heterocycles. The number of nitrogens with one attached hydrogen (secondary N) is 1. The maximum Gasteiger partial charge on any atom is 0.332 e. The number of ether oxygens (including phenoxy) is 2. The van der Waals surface area contributed by atoms with Crippen LogP contribution in [0.2, 0.25) is 10.0 Å². The van der Waals surface area contributed by atoms with Crippen molar-refractivity contribution in [2.75, 3.05) is 16.8 Å². The van der Waals surface area contributed by atoms with Gasteiger partial charge in [0.2, 0.25) is 6.29 Å². The second-order valence-electron chi connectivity index (χ2n) is 11.2. The van der Waals surface area contributed by atoms with Gasteiger partial charge in [-0.15, -0.1) is 0 Å². The van der Waals surface area contributed by atoms with Crippen LogP contribution < -0.4 is 15.1 Å². The van der Waals surface area contributed by atoms with Crippen LogP contribution in [0, 0.1) is 5.41 Å². The first-order chi connectivity index (χ1) is 20.3. The number of para-hydroxylation sites is 1. The third-order valence-corrected chi connectivity index (χ3v) is 7.46. The molecule has 11 heteroatoms. The van der Waals surface area contributed by atoms with Crippen LogP contribution in [0.3, 0.4) is 0 Å². The van der Waals surface area contributed by atoms with Crippen molar-refractivity contribution in [1.29, 1.82) is 0 Å². The molecule has 1 heterocycles. The van der Waals surface area contributed by atoms with E-state index in [9.17, 15) is 19.2 Å². The summed E-state index contributed by atoms with van der Waals surface area (Å²) in [5, 5.41) is 2.89. The number of rotatable bonds is 8. The van der Waals surface area contributed by atoms with Crippen molar-refractivity contribution in [2.45, 2.75) is 53.0 Å². The molecule has 0 aliphatic carbocycles. The number of nitrogens with zero attached hydrogens (tertiary/aromatic N) is 2. The van der Waals surface area contributed by atoms with Gasteiger partial charge in [0.15, 0.2) is 0 Å². The van der Waals surface area contributed by atoms with Crippen molar-refractivity contribution in [3.8, 4) is 0 Å². The van der Waals surface area contributed by atoms with Gasteiger partial charge in [-0.25, -0.2) is 9.59 Å². The number of hydrogen-bond donors (Lipinski definition) is 1. The van der Waals surface area contributed by atoms with E-state index < -0.39 is 35.6 Å². The molecule has 3 aromatic carbocycles. The number of fused-ring (bicyclic) bond motifs is 1. The number of esters is 2. The number of urea groups is 1. The molecule has 226 valence electrons. The summed E-state index contributed by atoms with van der Waals surface area (Å²) in [6.45, 7) is 6.87. The minimum absolute atomic E-state index is 0.0132. The predicted octanol–water partition coefficient (Wildman–Crippen LogP) is 6.39. The van der Waals surface area contributed by atoms with E-state index in [4.69, 9.17) is 32.7 Å². The molecule has 0 aromatic heterocycles. The quantitative estimate of drug-likeness (QED) is 0.230. The minimum Gasteiger partial charge on any atom is -0.425 e. The van der Waals surface area contributed by atoms with Gasteiger partial charge in [0.05, 0.1) is 33.3 Å². The van der Waals surface area contributed by atoms with E-state index in [-0.39, 0.29) is 28.1 Å². The number of benzene rings is 3. The third-order valence-electron chi connectivity index (χ3n) is 6.83. The Labute approximate surface area is 260 Å². The Bertz CT molecular complexity index is 1520. The first kappa shape index (κ1) is 31.8. The monoisotopic (exact) mass is 625 g/mol. The molecule has 0 saturated carbocycles. The Kier molecular flexibility index (Phi) is 9.67. The Morgan fingerprint density at radius 2 is 1.56 bits per heavy atom. The topological polar surface area (TPSA) is 105 Å². The molecule has 1 aliphatic heterocycles. The van der Waals surface area contributed by atoms with Crippen LogP contribution >= 0.6 is 23.2 Å². The average molecular weight is 627 g/mol. The van der Waals surface area contributed by atoms with Crippen molar-refractivity contribution >= 4 is 58.5 Å². The molecular formula is C32H33Cl2N3O6. The van der Waals surface area contributed by atoms with Crippen LogP contribution in [-0.2, 0) is 32.0 Å². The van der Waals surface area contributed by atoms with Gasteiger partial charge in [0.1, 0.15) is 6.04 Å². The molecule has 0 fully saturated rings. The smallest absolute Gasteiger partial charge is 0.332 e. The second kappa shape index (κ2) is 13.1. The van der Waals surface area contributed by atoms with Crippen LogP contribution in [0.15, 0.2) is 66.7 Å². The molecule has 3 aromatic rings. The second-order valence-corrected chi connectivity index (χ2v) is 12.0. The van der Waals surface area contributed by atoms with E-state index in [1.165, 1.54) is 19.1 Å². The van der Waals surface area contributed by atoms with Gasteiger partial charge in [-0.1, -0.05) is 59.6 Å². The number of carbonyl (C=O) groups is 4. The largest absolute Gasteiger partial charge is 0.425 e. The van der Waals surface area contributed by atoms with Gasteiger partial charge in [0, 0.05) is 26.1 Å². The van der Waals surface area contributed by atoms with Crippen LogP contribution in [0.1, 0.15) is 49.2 Å². The summed E-state index contributed by atoms with van der Waals surface area (Å²) in [5.74, 6) is -2.04. The number of anilines is 2. The summed E-state index contributed by atoms with van der Waals surface area (Å²) in [6.07, 6.45) is -1.17. The molecule has 4 rings (SSSR count). The molecule has 0 bridgehead atoms. The van der Waals surface area contributed by atoms with E-state index in [2.05, 4.69) is 5.32 Å². The Hall–Kier alpha value is -4.08. The van der Waals surface area contributed by atoms with E-state index >= 15 is 0 Å². The maximum atomic E-state index is 13.3. The number of halogens is 2. The van der Waals surface area contributed by atoms with Gasteiger partial charge < -0.3 is 14.8 Å². The fourth-order valence-electron chi connectivity index (χ4n) is 4.48. The van der Waals surface area contributed by atoms with Crippen molar-refractivity contribution in [2.24, 2.45) is 5.41 Å². The normalized spacial score (nSPS) is 14.4. The summed E-state index contributed by atoms with van der Waals surface area (Å²) in [4.78, 5) is 55.1. The number of amides is 3. The molecule has 0 spiro atoms. The molecular weight excluding hydrogens is 593 g/mol. The summed E-state index contributed by atoms with van der Waals surface area (Å²) in [5.41, 5.74) is 2.43. The Balaban J connectivity index is 1.54. The van der Waals surface area contributed by atoms with Crippen molar-refractivity contribution in [3.05, 3.63) is 93.5 Å². The van der Waals surface area contributed by atoms with E-state index in [1.54, 1.807) is 68.0 Å². The van der Waals surface area contributed by atoms with Crippen LogP contribution in [0.25, 0.3) is 0 Å². The van der Waals surface area contributed by atoms with Gasteiger partial charge in [0.25, 0.3) is 5.91 Å². The van der Waals surface area contributed by atoms with Gasteiger partial charge in [-0.2, -0.15) is 0 Å². The highest BCUT2D eigenvalue weighted by molar-refractivity contribution is 6.39. The summed E-state index contributed by atoms with van der Waals surface area (Å²) >= 11 is 12.4. The first-order valence-electron chi connectivity index (χ1n) is 13.6. The average Bonchev–Trinajstić information content (AvgIpc) is 2.94. The molecule has 1 unspecified atom stereocenters. The molecule has 43 heavy (non-hydrogen) atoms. The highest BCUT2D eigenvalue weighted by Gasteiger charge is 2.31. The van der Waals surface area contributed by atoms with E-state index in [0.29, 0.717) is 17.8 Å². The van der Waals surface area contributed by atoms with Crippen molar-refractivity contribution in [3.63, 3.8) is 0 Å². The van der Waals surface area contributed by atoms with E-state index in [1.807, 2.05) is 24.3 Å². The number of carbonyl (C=O) groups excluding carboxylic acids is 4. The van der Waals surface area contributed by atoms with Crippen molar-refractivity contribution < 1.29 is 28.7 Å². The molecule has 1 N–H and O–H groups in total. The minimum atomic E-state index is -1.20. The summed E-state index contributed by atoms with van der Waals surface area (Å²) in [7, 11) is 1.73. The lowest BCUT2D eigenvalue weighted by Crippen LogP contribution is -2.45. The molecule has 9 nitrogen and oxygen atoms in total. The fraction of sp³-hybridized carbons (Fsp3) is 0.312. The standard InChI is InChI=1S/C32H33Cl2N3O6/c1-19(43-30(40)32(2,3)4)42-29(39)25(35-28(38)27-23(33)10-8-11-24(27)34)17-20-13-15-22(16-14-20)37-18-21-9-6-7-12-26(21)36(5)31(37)41/h6-16,19,25H,17-18H2,1-5H3,(H,35,38)/t19?,25-/m0/s1. The van der Waals surface area contributed by atoms with Crippen LogP contribution in [-0.4, -0.2) is 43.3 Å². The zero-order valence-electron chi connectivity index (χ0n) is 24.5. The molecule has 3 amide bonds. The molecule has 1 aliphatic rings. The lowest BCUT2D eigenvalue weighted by molar-refractivity contribution is -0.191. The van der Waals surface area contributed by atoms with Gasteiger partial charge in [-0.3, -0.25) is 19.4 Å². The third kappa shape index (κ3) is 7.47. The summed E-state index contributed by atoms with van der Waals surface area (Å²) < 4.78 is 10.7. The Morgan fingerprint density at radius 3 is 2.19 bits per heavy atom. The van der Waals surface area contributed by atoms with Gasteiger partial charge >= 0.3 is 18.0 Å². The number of hydrogen-bond acceptors (Lipinski definition) is 6. The van der Waals surface area contributed by atoms with Gasteiger partial charge in [-0.05, 0) is 62.2 Å². The van der Waals surface area contributed by atoms with E-state index in [0.717, 1.165) is 11.3 Å². The molecule has 0 radical (unpaired) electrons. The SMILES string of the molecule is CC(OC(=O)[C@H](Cc1ccc(N2Cc3ccccc3N(C)C2=O)cc1)NC(=O)c1c(Cl)cccc1Cl)OC(=O)C(C)(C)C. The highest BCUT2D eigenvalue weighted by Crippen LogP contribution is 2.31. The first-order valence-corrected chi connectivity index (χ1v) is 14.4. The van der Waals surface area contributed by atoms with Crippen LogP contribution in [0.5, 0.6) is 0 Å². The fourth-order valence-corrected chi connectivity index (χ4v) is 5.05. The Morgan fingerprint density at radius 1 is 0.930 bits per heavy atom.